The monoisotopic (exact) mass is 481 g/mol. The minimum Gasteiger partial charge on any atom is -0.465 e. The molecule has 0 spiro atoms. The Balaban J connectivity index is 1.39. The number of hydrogen-bond acceptors (Lipinski definition) is 3. The molecule has 4 heteroatoms. The fraction of sp³-hybridized carbons (Fsp3) is 0.219. The van der Waals surface area contributed by atoms with Gasteiger partial charge in [-0.15, -0.1) is 0 Å². The molecule has 184 valence electrons. The summed E-state index contributed by atoms with van der Waals surface area (Å²) >= 11 is 0. The Morgan fingerprint density at radius 3 is 2.22 bits per heavy atom. The maximum absolute atomic E-state index is 14.9. The second-order valence-electron chi connectivity index (χ2n) is 8.88. The minimum absolute atomic E-state index is 0.295. The number of nitrogens with one attached hydrogen (secondary N) is 1. The van der Waals surface area contributed by atoms with Crippen molar-refractivity contribution < 1.29 is 13.9 Å². The molecule has 1 N–H and O–H groups in total. The number of esters is 1. The van der Waals surface area contributed by atoms with Crippen LogP contribution in [0.4, 0.5) is 4.39 Å². The Hall–Kier alpha value is -3.76. The molecule has 0 aromatic heterocycles. The van der Waals surface area contributed by atoms with Crippen LogP contribution in [0.1, 0.15) is 29.2 Å². The molecular weight excluding hydrogens is 449 g/mol. The Morgan fingerprint density at radius 2 is 1.50 bits per heavy atom. The van der Waals surface area contributed by atoms with Gasteiger partial charge in [0.25, 0.3) is 0 Å². The average molecular weight is 482 g/mol. The third-order valence-electron chi connectivity index (χ3n) is 6.18. The van der Waals surface area contributed by atoms with Crippen LogP contribution >= 0.6 is 0 Å². The molecule has 4 rings (SSSR count). The predicted molar refractivity (Wildman–Crippen MR) is 143 cm³/mol. The smallest absolute Gasteiger partial charge is 0.323 e. The van der Waals surface area contributed by atoms with Gasteiger partial charge in [-0.2, -0.15) is 0 Å². The van der Waals surface area contributed by atoms with E-state index in [1.165, 1.54) is 22.8 Å². The van der Waals surface area contributed by atoms with Crippen LogP contribution in [-0.4, -0.2) is 25.2 Å². The summed E-state index contributed by atoms with van der Waals surface area (Å²) < 4.78 is 20.2. The lowest BCUT2D eigenvalue weighted by Crippen LogP contribution is -2.41. The molecule has 0 aliphatic heterocycles. The highest BCUT2D eigenvalue weighted by molar-refractivity contribution is 5.76. The zero-order valence-electron chi connectivity index (χ0n) is 20.6. The van der Waals surface area contributed by atoms with Gasteiger partial charge < -0.3 is 10.1 Å². The number of carbonyl (C=O) groups is 1. The first-order chi connectivity index (χ1) is 17.6. The van der Waals surface area contributed by atoms with Gasteiger partial charge in [-0.3, -0.25) is 4.79 Å². The third-order valence-corrected chi connectivity index (χ3v) is 6.18. The summed E-state index contributed by atoms with van der Waals surface area (Å²) in [5.74, 6) is -0.612. The van der Waals surface area contributed by atoms with Crippen LogP contribution in [0.2, 0.25) is 0 Å². The molecule has 0 saturated carbocycles. The van der Waals surface area contributed by atoms with Gasteiger partial charge in [0.2, 0.25) is 0 Å². The molecule has 0 fully saturated rings. The highest BCUT2D eigenvalue weighted by atomic mass is 19.1. The minimum atomic E-state index is -0.542. The molecule has 0 aliphatic rings. The Kier molecular flexibility index (Phi) is 9.01. The van der Waals surface area contributed by atoms with Gasteiger partial charge >= 0.3 is 5.97 Å². The Morgan fingerprint density at radius 1 is 0.806 bits per heavy atom. The van der Waals surface area contributed by atoms with Gasteiger partial charge in [-0.1, -0.05) is 97.1 Å². The fourth-order valence-electron chi connectivity index (χ4n) is 4.37. The lowest BCUT2D eigenvalue weighted by atomic mass is 9.99. The van der Waals surface area contributed by atoms with Crippen molar-refractivity contribution in [3.63, 3.8) is 0 Å². The van der Waals surface area contributed by atoms with Gasteiger partial charge in [0.05, 0.1) is 6.61 Å². The highest BCUT2D eigenvalue weighted by Gasteiger charge is 2.20. The van der Waals surface area contributed by atoms with Crippen molar-refractivity contribution in [2.45, 2.75) is 32.2 Å². The molecule has 3 nitrogen and oxygen atoms in total. The Bertz CT molecular complexity index is 1260. The van der Waals surface area contributed by atoms with E-state index in [1.807, 2.05) is 42.5 Å². The molecular formula is C32H32FNO2. The number of hydrogen-bond donors (Lipinski definition) is 1. The highest BCUT2D eigenvalue weighted by Crippen LogP contribution is 2.24. The SMILES string of the molecule is CCOC(=O)[C@@H](Cc1ccc(-c2ccccc2)c(F)c1)NCCc1cccc(Cc2ccccc2)c1. The first-order valence-corrected chi connectivity index (χ1v) is 12.5. The third kappa shape index (κ3) is 7.12. The second kappa shape index (κ2) is 12.8. The van der Waals surface area contributed by atoms with Crippen molar-refractivity contribution in [2.75, 3.05) is 13.2 Å². The first kappa shape index (κ1) is 25.3. The summed E-state index contributed by atoms with van der Waals surface area (Å²) in [5.41, 5.74) is 5.88. The zero-order chi connectivity index (χ0) is 25.2. The number of halogens is 1. The molecule has 4 aromatic rings. The van der Waals surface area contributed by atoms with Crippen LogP contribution in [0.3, 0.4) is 0 Å². The van der Waals surface area contributed by atoms with Crippen molar-refractivity contribution in [2.24, 2.45) is 0 Å². The van der Waals surface area contributed by atoms with Crippen LogP contribution < -0.4 is 5.32 Å². The quantitative estimate of drug-likeness (QED) is 0.252. The summed E-state index contributed by atoms with van der Waals surface area (Å²) in [4.78, 5) is 12.6. The average Bonchev–Trinajstić information content (AvgIpc) is 2.90. The molecule has 0 unspecified atom stereocenters. The van der Waals surface area contributed by atoms with Gasteiger partial charge in [0, 0.05) is 5.56 Å². The molecule has 1 atom stereocenters. The van der Waals surface area contributed by atoms with Gasteiger partial charge in [0.1, 0.15) is 11.9 Å². The van der Waals surface area contributed by atoms with E-state index in [0.717, 1.165) is 24.0 Å². The molecule has 0 saturated heterocycles. The van der Waals surface area contributed by atoms with Crippen molar-refractivity contribution in [1.29, 1.82) is 0 Å². The lowest BCUT2D eigenvalue weighted by Gasteiger charge is -2.18. The van der Waals surface area contributed by atoms with E-state index in [0.29, 0.717) is 25.1 Å². The van der Waals surface area contributed by atoms with Crippen molar-refractivity contribution in [3.05, 3.63) is 131 Å². The fourth-order valence-corrected chi connectivity index (χ4v) is 4.37. The first-order valence-electron chi connectivity index (χ1n) is 12.5. The molecule has 0 bridgehead atoms. The van der Waals surface area contributed by atoms with Crippen LogP contribution in [-0.2, 0) is 28.8 Å². The van der Waals surface area contributed by atoms with Crippen LogP contribution in [0, 0.1) is 5.82 Å². The number of benzene rings is 4. The van der Waals surface area contributed by atoms with E-state index in [2.05, 4.69) is 53.8 Å². The largest absolute Gasteiger partial charge is 0.465 e. The number of carbonyl (C=O) groups excluding carboxylic acids is 1. The van der Waals surface area contributed by atoms with E-state index < -0.39 is 6.04 Å². The zero-order valence-corrected chi connectivity index (χ0v) is 20.6. The summed E-state index contributed by atoms with van der Waals surface area (Å²) in [6, 6.07) is 33.0. The molecule has 0 radical (unpaired) electrons. The lowest BCUT2D eigenvalue weighted by molar-refractivity contribution is -0.145. The molecule has 0 aliphatic carbocycles. The second-order valence-corrected chi connectivity index (χ2v) is 8.88. The maximum Gasteiger partial charge on any atom is 0.323 e. The van der Waals surface area contributed by atoms with E-state index in [9.17, 15) is 9.18 Å². The van der Waals surface area contributed by atoms with E-state index in [-0.39, 0.29) is 11.8 Å². The molecule has 4 aromatic carbocycles. The standard InChI is InChI=1S/C32H32FNO2/c1-2-36-32(35)31(23-27-16-17-29(30(33)22-27)28-14-7-4-8-15-28)34-19-18-25-12-9-13-26(21-25)20-24-10-5-3-6-11-24/h3-17,21-22,31,34H,2,18-20,23H2,1H3/t31-/m1/s1. The number of rotatable bonds is 11. The van der Waals surface area contributed by atoms with Crippen molar-refractivity contribution >= 4 is 5.97 Å². The predicted octanol–water partition coefficient (Wildman–Crippen LogP) is 6.39. The molecule has 0 heterocycles. The Labute approximate surface area is 213 Å². The number of ether oxygens (including phenoxy) is 1. The van der Waals surface area contributed by atoms with Crippen LogP contribution in [0.25, 0.3) is 11.1 Å². The van der Waals surface area contributed by atoms with Crippen LogP contribution in [0.15, 0.2) is 103 Å². The summed E-state index contributed by atoms with van der Waals surface area (Å²) in [6.07, 6.45) is 2.02. The summed E-state index contributed by atoms with van der Waals surface area (Å²) in [5, 5.41) is 3.34. The molecule has 36 heavy (non-hydrogen) atoms. The van der Waals surface area contributed by atoms with Crippen LogP contribution in [0.5, 0.6) is 0 Å². The summed E-state index contributed by atoms with van der Waals surface area (Å²) in [7, 11) is 0. The summed E-state index contributed by atoms with van der Waals surface area (Å²) in [6.45, 7) is 2.71. The van der Waals surface area contributed by atoms with Gasteiger partial charge in [-0.05, 0) is 66.6 Å². The van der Waals surface area contributed by atoms with Crippen molar-refractivity contribution in [1.82, 2.24) is 5.32 Å². The topological polar surface area (TPSA) is 38.3 Å². The van der Waals surface area contributed by atoms with Gasteiger partial charge in [-0.25, -0.2) is 4.39 Å². The normalized spacial score (nSPS) is 11.7. The van der Waals surface area contributed by atoms with E-state index in [1.54, 1.807) is 13.0 Å². The van der Waals surface area contributed by atoms with E-state index in [4.69, 9.17) is 4.74 Å². The van der Waals surface area contributed by atoms with E-state index >= 15 is 0 Å². The van der Waals surface area contributed by atoms with Crippen molar-refractivity contribution in [3.8, 4) is 11.1 Å². The maximum atomic E-state index is 14.9. The molecule has 0 amide bonds. The van der Waals surface area contributed by atoms with Gasteiger partial charge in [0.15, 0.2) is 0 Å².